The Balaban J connectivity index is 2.03. The molecule has 104 valence electrons. The number of hydrogen-bond acceptors (Lipinski definition) is 5. The van der Waals surface area contributed by atoms with Gasteiger partial charge in [0.05, 0.1) is 5.69 Å². The molecule has 6 heteroatoms. The number of hydrogen-bond donors (Lipinski definition) is 1. The summed E-state index contributed by atoms with van der Waals surface area (Å²) in [6.45, 7) is 6.58. The summed E-state index contributed by atoms with van der Waals surface area (Å²) in [5, 5.41) is 6.03. The van der Waals surface area contributed by atoms with E-state index < -0.39 is 0 Å². The van der Waals surface area contributed by atoms with Crippen LogP contribution in [0.5, 0.6) is 0 Å². The quantitative estimate of drug-likeness (QED) is 0.943. The largest absolute Gasteiger partial charge is 0.350 e. The Morgan fingerprint density at radius 2 is 2.32 bits per heavy atom. The number of nitrogens with one attached hydrogen (secondary N) is 1. The minimum atomic E-state index is 0.541. The fraction of sp³-hybridized carbons (Fsp3) is 0.615. The van der Waals surface area contributed by atoms with Gasteiger partial charge in [0.1, 0.15) is 0 Å². The smallest absolute Gasteiger partial charge is 0.195 e. The van der Waals surface area contributed by atoms with Crippen molar-refractivity contribution >= 4 is 33.9 Å². The Kier molecular flexibility index (Phi) is 3.73. The fourth-order valence-corrected chi connectivity index (χ4v) is 4.44. The van der Waals surface area contributed by atoms with Gasteiger partial charge in [0.25, 0.3) is 0 Å². The van der Waals surface area contributed by atoms with Crippen LogP contribution >= 0.6 is 23.1 Å². The molecule has 4 nitrogen and oxygen atoms in total. The van der Waals surface area contributed by atoms with E-state index >= 15 is 0 Å². The van der Waals surface area contributed by atoms with E-state index in [0.717, 1.165) is 18.1 Å². The lowest BCUT2D eigenvalue weighted by atomic mass is 10.2. The second-order valence-corrected chi connectivity index (χ2v) is 7.34. The van der Waals surface area contributed by atoms with Crippen LogP contribution in [0, 0.1) is 0 Å². The summed E-state index contributed by atoms with van der Waals surface area (Å²) < 4.78 is 2.22. The van der Waals surface area contributed by atoms with Gasteiger partial charge in [-0.1, -0.05) is 6.92 Å². The summed E-state index contributed by atoms with van der Waals surface area (Å²) in [5.74, 6) is 2.36. The third-order valence-electron chi connectivity index (χ3n) is 3.84. The van der Waals surface area contributed by atoms with Crippen LogP contribution in [0.25, 0.3) is 4.96 Å². The van der Waals surface area contributed by atoms with E-state index in [9.17, 15) is 0 Å². The maximum Gasteiger partial charge on any atom is 0.195 e. The molecule has 3 heterocycles. The molecule has 0 spiro atoms. The molecule has 1 N–H and O–H groups in total. The summed E-state index contributed by atoms with van der Waals surface area (Å²) in [4.78, 5) is 8.43. The summed E-state index contributed by atoms with van der Waals surface area (Å²) in [6, 6.07) is 0.541. The molecule has 1 aliphatic heterocycles. The molecule has 1 aliphatic rings. The number of thioether (sulfide) groups is 1. The van der Waals surface area contributed by atoms with Crippen LogP contribution < -0.4 is 10.2 Å². The summed E-state index contributed by atoms with van der Waals surface area (Å²) in [5.41, 5.74) is 1.28. The molecule has 0 radical (unpaired) electrons. The molecular formula is C13H20N4S2. The van der Waals surface area contributed by atoms with Crippen LogP contribution in [0.4, 0.5) is 5.82 Å². The van der Waals surface area contributed by atoms with Gasteiger partial charge in [0.2, 0.25) is 0 Å². The molecule has 0 bridgehead atoms. The van der Waals surface area contributed by atoms with E-state index in [1.807, 2.05) is 7.05 Å². The normalized spacial score (nSPS) is 24.3. The van der Waals surface area contributed by atoms with Crippen LogP contribution in [0.15, 0.2) is 11.6 Å². The van der Waals surface area contributed by atoms with Gasteiger partial charge >= 0.3 is 0 Å². The molecule has 0 aromatic carbocycles. The average molecular weight is 296 g/mol. The van der Waals surface area contributed by atoms with Crippen LogP contribution in [0.1, 0.15) is 19.5 Å². The van der Waals surface area contributed by atoms with E-state index in [0.29, 0.717) is 11.3 Å². The molecule has 2 aromatic heterocycles. The summed E-state index contributed by atoms with van der Waals surface area (Å²) >= 11 is 3.77. The van der Waals surface area contributed by atoms with Crippen LogP contribution in [-0.4, -0.2) is 40.0 Å². The molecule has 0 aliphatic carbocycles. The number of anilines is 1. The highest BCUT2D eigenvalue weighted by molar-refractivity contribution is 8.00. The standard InChI is InChI=1S/C13H20N4S2/c1-9-10(2)18-6-4-16(9)12-11(8-14-3)17-5-7-19-13(17)15-12/h5,7,9-10,14H,4,6,8H2,1-3H3. The lowest BCUT2D eigenvalue weighted by Gasteiger charge is -2.38. The third-order valence-corrected chi connectivity index (χ3v) is 5.93. The summed E-state index contributed by atoms with van der Waals surface area (Å²) in [6.07, 6.45) is 2.12. The second-order valence-electron chi connectivity index (χ2n) is 4.98. The van der Waals surface area contributed by atoms with Gasteiger partial charge in [-0.25, -0.2) is 4.98 Å². The zero-order valence-corrected chi connectivity index (χ0v) is 13.2. The Labute approximate surface area is 122 Å². The lowest BCUT2D eigenvalue weighted by molar-refractivity contribution is 0.616. The van der Waals surface area contributed by atoms with Crippen molar-refractivity contribution in [2.75, 3.05) is 24.2 Å². The minimum absolute atomic E-state index is 0.541. The first-order valence-electron chi connectivity index (χ1n) is 6.69. The van der Waals surface area contributed by atoms with E-state index in [1.165, 1.54) is 17.3 Å². The van der Waals surface area contributed by atoms with E-state index in [1.54, 1.807) is 11.3 Å². The van der Waals surface area contributed by atoms with Crippen molar-refractivity contribution in [1.82, 2.24) is 14.7 Å². The number of rotatable bonds is 3. The second kappa shape index (κ2) is 5.34. The summed E-state index contributed by atoms with van der Waals surface area (Å²) in [7, 11) is 1.99. The fourth-order valence-electron chi connectivity index (χ4n) is 2.61. The van der Waals surface area contributed by atoms with Crippen molar-refractivity contribution in [3.8, 4) is 0 Å². The maximum atomic E-state index is 4.86. The number of imidazole rings is 1. The molecule has 0 amide bonds. The van der Waals surface area contributed by atoms with Crippen molar-refractivity contribution in [1.29, 1.82) is 0 Å². The van der Waals surface area contributed by atoms with Gasteiger partial charge in [-0.15, -0.1) is 11.3 Å². The first-order valence-corrected chi connectivity index (χ1v) is 8.62. The minimum Gasteiger partial charge on any atom is -0.350 e. The number of fused-ring (bicyclic) bond motifs is 1. The molecule has 19 heavy (non-hydrogen) atoms. The van der Waals surface area contributed by atoms with Gasteiger partial charge in [-0.3, -0.25) is 4.40 Å². The zero-order chi connectivity index (χ0) is 13.4. The van der Waals surface area contributed by atoms with Crippen molar-refractivity contribution in [2.45, 2.75) is 31.7 Å². The van der Waals surface area contributed by atoms with Gasteiger partial charge < -0.3 is 10.2 Å². The van der Waals surface area contributed by atoms with Gasteiger partial charge in [-0.05, 0) is 14.0 Å². The highest BCUT2D eigenvalue weighted by Gasteiger charge is 2.29. The highest BCUT2D eigenvalue weighted by Crippen LogP contribution is 2.32. The van der Waals surface area contributed by atoms with Gasteiger partial charge in [-0.2, -0.15) is 11.8 Å². The van der Waals surface area contributed by atoms with Gasteiger partial charge in [0, 0.05) is 41.7 Å². The van der Waals surface area contributed by atoms with Crippen LogP contribution in [0.3, 0.4) is 0 Å². The third kappa shape index (κ3) is 2.26. The lowest BCUT2D eigenvalue weighted by Crippen LogP contribution is -2.45. The zero-order valence-electron chi connectivity index (χ0n) is 11.6. The topological polar surface area (TPSA) is 32.6 Å². The predicted molar refractivity (Wildman–Crippen MR) is 84.6 cm³/mol. The van der Waals surface area contributed by atoms with Gasteiger partial charge in [0.15, 0.2) is 10.8 Å². The number of thiazole rings is 1. The Morgan fingerprint density at radius 3 is 3.11 bits per heavy atom. The Bertz CT molecular complexity index is 562. The number of nitrogens with zero attached hydrogens (tertiary/aromatic N) is 3. The van der Waals surface area contributed by atoms with Crippen molar-refractivity contribution in [2.24, 2.45) is 0 Å². The maximum absolute atomic E-state index is 4.86. The van der Waals surface area contributed by atoms with E-state index in [-0.39, 0.29) is 0 Å². The van der Waals surface area contributed by atoms with Crippen molar-refractivity contribution in [3.63, 3.8) is 0 Å². The molecular weight excluding hydrogens is 276 g/mol. The van der Waals surface area contributed by atoms with E-state index in [4.69, 9.17) is 4.98 Å². The highest BCUT2D eigenvalue weighted by atomic mass is 32.2. The van der Waals surface area contributed by atoms with Crippen molar-refractivity contribution in [3.05, 3.63) is 17.3 Å². The van der Waals surface area contributed by atoms with Crippen LogP contribution in [-0.2, 0) is 6.54 Å². The SMILES string of the molecule is CNCc1c(N2CCSC(C)C2C)nc2sccn12. The Hall–Kier alpha value is -0.720. The monoisotopic (exact) mass is 296 g/mol. The molecule has 0 saturated carbocycles. The predicted octanol–water partition coefficient (Wildman–Crippen LogP) is 2.45. The first-order chi connectivity index (χ1) is 9.22. The molecule has 3 rings (SSSR count). The molecule has 1 saturated heterocycles. The molecule has 2 aromatic rings. The van der Waals surface area contributed by atoms with Crippen molar-refractivity contribution < 1.29 is 0 Å². The first kappa shape index (κ1) is 13.3. The number of aromatic nitrogens is 2. The average Bonchev–Trinajstić information content (AvgIpc) is 2.96. The molecule has 1 fully saturated rings. The molecule has 2 unspecified atom stereocenters. The Morgan fingerprint density at radius 1 is 1.47 bits per heavy atom. The van der Waals surface area contributed by atoms with Crippen LogP contribution in [0.2, 0.25) is 0 Å². The molecule has 2 atom stereocenters. The van der Waals surface area contributed by atoms with E-state index in [2.05, 4.69) is 51.8 Å².